The van der Waals surface area contributed by atoms with Crippen molar-refractivity contribution < 1.29 is 27.0 Å². The highest BCUT2D eigenvalue weighted by atomic mass is 32.2. The molecule has 9 nitrogen and oxygen atoms in total. The van der Waals surface area contributed by atoms with Crippen LogP contribution >= 0.6 is 11.8 Å². The molecule has 1 saturated heterocycles. The summed E-state index contributed by atoms with van der Waals surface area (Å²) in [5.41, 5.74) is 0.550. The van der Waals surface area contributed by atoms with E-state index in [1.54, 1.807) is 24.3 Å². The quantitative estimate of drug-likeness (QED) is 0.312. The number of hydrogen-bond donors (Lipinski definition) is 0. The zero-order valence-corrected chi connectivity index (χ0v) is 19.8. The molecular weight excluding hydrogens is 466 g/mol. The lowest BCUT2D eigenvalue weighted by Gasteiger charge is -2.26. The van der Waals surface area contributed by atoms with Gasteiger partial charge in [-0.05, 0) is 49.4 Å². The standard InChI is InChI=1S/C22H25N3O6S2/c1-2-29-18-6-8-19(9-7-18)30-14-15-32-22-24-23-21(31-22)17-4-3-5-20(16-17)33(26,27)25-10-12-28-13-11-25/h3-9,16H,2,10-15H2,1H3. The third-order valence-corrected chi connectivity index (χ3v) is 7.48. The number of nitrogens with zero attached hydrogens (tertiary/aromatic N) is 3. The molecule has 4 rings (SSSR count). The highest BCUT2D eigenvalue weighted by Crippen LogP contribution is 2.27. The summed E-state index contributed by atoms with van der Waals surface area (Å²) >= 11 is 1.37. The number of sulfonamides is 1. The number of hydrogen-bond acceptors (Lipinski definition) is 9. The zero-order valence-electron chi connectivity index (χ0n) is 18.2. The number of ether oxygens (including phenoxy) is 3. The van der Waals surface area contributed by atoms with Crippen molar-refractivity contribution in [2.24, 2.45) is 0 Å². The summed E-state index contributed by atoms with van der Waals surface area (Å²) in [4.78, 5) is 0.193. The average molecular weight is 492 g/mol. The Hall–Kier alpha value is -2.60. The van der Waals surface area contributed by atoms with E-state index < -0.39 is 10.0 Å². The molecule has 1 aliphatic heterocycles. The number of aromatic nitrogens is 2. The maximum atomic E-state index is 12.9. The molecule has 176 valence electrons. The summed E-state index contributed by atoms with van der Waals surface area (Å²) in [5, 5.41) is 8.50. The lowest BCUT2D eigenvalue weighted by molar-refractivity contribution is 0.0730. The monoisotopic (exact) mass is 491 g/mol. The molecule has 0 bridgehead atoms. The molecule has 11 heteroatoms. The largest absolute Gasteiger partial charge is 0.494 e. The van der Waals surface area contributed by atoms with Gasteiger partial charge in [0.2, 0.25) is 15.9 Å². The van der Waals surface area contributed by atoms with Crippen LogP contribution in [0.15, 0.2) is 63.1 Å². The fraction of sp³-hybridized carbons (Fsp3) is 0.364. The van der Waals surface area contributed by atoms with Gasteiger partial charge in [0.15, 0.2) is 0 Å². The van der Waals surface area contributed by atoms with Crippen LogP contribution in [-0.2, 0) is 14.8 Å². The Balaban J connectivity index is 1.33. The molecule has 1 fully saturated rings. The number of thioether (sulfide) groups is 1. The first-order valence-corrected chi connectivity index (χ1v) is 13.0. The highest BCUT2D eigenvalue weighted by molar-refractivity contribution is 7.99. The fourth-order valence-electron chi connectivity index (χ4n) is 3.20. The summed E-state index contributed by atoms with van der Waals surface area (Å²) in [5.74, 6) is 2.44. The molecule has 0 radical (unpaired) electrons. The van der Waals surface area contributed by atoms with Gasteiger partial charge in [-0.1, -0.05) is 17.8 Å². The lowest BCUT2D eigenvalue weighted by Crippen LogP contribution is -2.40. The van der Waals surface area contributed by atoms with Crippen LogP contribution < -0.4 is 9.47 Å². The predicted octanol–water partition coefficient (Wildman–Crippen LogP) is 3.33. The maximum Gasteiger partial charge on any atom is 0.276 e. The Morgan fingerprint density at radius 3 is 2.48 bits per heavy atom. The van der Waals surface area contributed by atoms with E-state index in [4.69, 9.17) is 18.6 Å². The summed E-state index contributed by atoms with van der Waals surface area (Å²) in [6.07, 6.45) is 0. The molecular formula is C22H25N3O6S2. The Kier molecular flexibility index (Phi) is 7.86. The molecule has 0 aliphatic carbocycles. The van der Waals surface area contributed by atoms with Crippen LogP contribution in [0.3, 0.4) is 0 Å². The summed E-state index contributed by atoms with van der Waals surface area (Å²) in [7, 11) is -3.60. The topological polar surface area (TPSA) is 104 Å². The molecule has 0 saturated carbocycles. The molecule has 1 aromatic heterocycles. The van der Waals surface area contributed by atoms with Crippen molar-refractivity contribution >= 4 is 21.8 Å². The minimum absolute atomic E-state index is 0.193. The second kappa shape index (κ2) is 11.0. The summed E-state index contributed by atoms with van der Waals surface area (Å²) < 4.78 is 49.3. The first-order chi connectivity index (χ1) is 16.1. The van der Waals surface area contributed by atoms with Crippen LogP contribution in [0.2, 0.25) is 0 Å². The second-order valence-electron chi connectivity index (χ2n) is 7.02. The summed E-state index contributed by atoms with van der Waals surface area (Å²) in [6, 6.07) is 14.0. The smallest absolute Gasteiger partial charge is 0.276 e. The first kappa shape index (κ1) is 23.6. The minimum atomic E-state index is -3.60. The average Bonchev–Trinajstić information content (AvgIpc) is 3.33. The van der Waals surface area contributed by atoms with E-state index in [1.807, 2.05) is 31.2 Å². The van der Waals surface area contributed by atoms with Gasteiger partial charge in [-0.25, -0.2) is 8.42 Å². The van der Waals surface area contributed by atoms with Gasteiger partial charge in [0.1, 0.15) is 11.5 Å². The Labute approximate surface area is 197 Å². The predicted molar refractivity (Wildman–Crippen MR) is 123 cm³/mol. The van der Waals surface area contributed by atoms with Crippen LogP contribution in [0.5, 0.6) is 11.5 Å². The van der Waals surface area contributed by atoms with Gasteiger partial charge in [0.05, 0.1) is 31.3 Å². The highest BCUT2D eigenvalue weighted by Gasteiger charge is 2.26. The van der Waals surface area contributed by atoms with E-state index >= 15 is 0 Å². The Morgan fingerprint density at radius 2 is 1.76 bits per heavy atom. The molecule has 0 atom stereocenters. The van der Waals surface area contributed by atoms with E-state index in [-0.39, 0.29) is 10.8 Å². The van der Waals surface area contributed by atoms with E-state index in [1.165, 1.54) is 16.1 Å². The van der Waals surface area contributed by atoms with E-state index in [2.05, 4.69) is 10.2 Å². The molecule has 2 aromatic carbocycles. The fourth-order valence-corrected chi connectivity index (χ4v) is 5.23. The maximum absolute atomic E-state index is 12.9. The molecule has 0 amide bonds. The van der Waals surface area contributed by atoms with Crippen LogP contribution in [0.1, 0.15) is 6.92 Å². The van der Waals surface area contributed by atoms with Crippen molar-refractivity contribution in [3.63, 3.8) is 0 Å². The van der Waals surface area contributed by atoms with Crippen LogP contribution in [0.25, 0.3) is 11.5 Å². The van der Waals surface area contributed by atoms with Gasteiger partial charge in [-0.15, -0.1) is 10.2 Å². The molecule has 33 heavy (non-hydrogen) atoms. The van der Waals surface area contributed by atoms with Gasteiger partial charge in [-0.2, -0.15) is 4.31 Å². The number of morpholine rings is 1. The van der Waals surface area contributed by atoms with Gasteiger partial charge in [-0.3, -0.25) is 0 Å². The molecule has 1 aliphatic rings. The molecule has 3 aromatic rings. The van der Waals surface area contributed by atoms with Crippen LogP contribution in [0, 0.1) is 0 Å². The second-order valence-corrected chi connectivity index (χ2v) is 10.0. The van der Waals surface area contributed by atoms with Gasteiger partial charge >= 0.3 is 0 Å². The van der Waals surface area contributed by atoms with E-state index in [9.17, 15) is 8.42 Å². The van der Waals surface area contributed by atoms with Crippen molar-refractivity contribution in [2.75, 3.05) is 45.3 Å². The van der Waals surface area contributed by atoms with Gasteiger partial charge in [0, 0.05) is 24.4 Å². The molecule has 0 N–H and O–H groups in total. The normalized spacial score (nSPS) is 14.8. The van der Waals surface area contributed by atoms with Crippen LogP contribution in [0.4, 0.5) is 0 Å². The first-order valence-electron chi connectivity index (χ1n) is 10.6. The van der Waals surface area contributed by atoms with Crippen molar-refractivity contribution in [1.29, 1.82) is 0 Å². The third kappa shape index (κ3) is 6.05. The summed E-state index contributed by atoms with van der Waals surface area (Å²) in [6.45, 7) is 4.49. The van der Waals surface area contributed by atoms with Crippen molar-refractivity contribution in [3.05, 3.63) is 48.5 Å². The molecule has 2 heterocycles. The molecule has 0 spiro atoms. The van der Waals surface area contributed by atoms with Gasteiger partial charge < -0.3 is 18.6 Å². The van der Waals surface area contributed by atoms with E-state index in [0.29, 0.717) is 56.1 Å². The van der Waals surface area contributed by atoms with E-state index in [0.717, 1.165) is 11.5 Å². The van der Waals surface area contributed by atoms with Crippen molar-refractivity contribution in [3.8, 4) is 23.0 Å². The van der Waals surface area contributed by atoms with Crippen molar-refractivity contribution in [1.82, 2.24) is 14.5 Å². The minimum Gasteiger partial charge on any atom is -0.494 e. The Morgan fingerprint density at radius 1 is 1.03 bits per heavy atom. The molecule has 0 unspecified atom stereocenters. The zero-order chi connectivity index (χ0) is 23.1. The number of benzene rings is 2. The van der Waals surface area contributed by atoms with Gasteiger partial charge in [0.25, 0.3) is 5.22 Å². The number of rotatable bonds is 10. The SMILES string of the molecule is CCOc1ccc(OCCSc2nnc(-c3cccc(S(=O)(=O)N4CCOCC4)c3)o2)cc1. The van der Waals surface area contributed by atoms with Crippen LogP contribution in [-0.4, -0.2) is 68.2 Å². The van der Waals surface area contributed by atoms with Crippen molar-refractivity contribution in [2.45, 2.75) is 17.0 Å². The lowest BCUT2D eigenvalue weighted by atomic mass is 10.2. The Bertz CT molecular complexity index is 1140. The third-order valence-electron chi connectivity index (χ3n) is 4.81.